The van der Waals surface area contributed by atoms with Crippen molar-refractivity contribution in [2.75, 3.05) is 0 Å². The Balaban J connectivity index is 2.96. The predicted molar refractivity (Wildman–Crippen MR) is 68.3 cm³/mol. The third-order valence-corrected chi connectivity index (χ3v) is 2.53. The van der Waals surface area contributed by atoms with Gasteiger partial charge in [0.15, 0.2) is 11.9 Å². The molecule has 0 aromatic heterocycles. The fraction of sp³-hybridized carbons (Fsp3) is 0.231. The van der Waals surface area contributed by atoms with Gasteiger partial charge in [-0.3, -0.25) is 4.79 Å². The zero-order valence-electron chi connectivity index (χ0n) is 10.1. The van der Waals surface area contributed by atoms with Crippen molar-refractivity contribution in [3.8, 4) is 5.75 Å². The van der Waals surface area contributed by atoms with E-state index in [1.165, 1.54) is 25.1 Å². The Morgan fingerprint density at radius 2 is 2.06 bits per heavy atom. The summed E-state index contributed by atoms with van der Waals surface area (Å²) >= 11 is 5.93. The van der Waals surface area contributed by atoms with E-state index in [-0.39, 0.29) is 16.6 Å². The zero-order valence-corrected chi connectivity index (χ0v) is 10.8. The second kappa shape index (κ2) is 5.69. The van der Waals surface area contributed by atoms with Gasteiger partial charge in [-0.25, -0.2) is 4.79 Å². The minimum Gasteiger partial charge on any atom is -0.479 e. The minimum atomic E-state index is -1.09. The highest BCUT2D eigenvalue weighted by Crippen LogP contribution is 2.27. The molecule has 1 aromatic carbocycles. The molecule has 0 aliphatic carbocycles. The molecule has 0 aliphatic rings. The number of allylic oxidation sites excluding steroid dienone is 1. The van der Waals surface area contributed by atoms with Crippen LogP contribution < -0.4 is 4.74 Å². The summed E-state index contributed by atoms with van der Waals surface area (Å²) in [6.07, 6.45) is -1.01. The number of Topliss-reactive ketones (excluding diaryl/α,β-unsaturated/α-hetero) is 1. The molecule has 0 amide bonds. The SMILES string of the molecule is C=C(C)C(=O)c1ccc(OC(C)C(=O)O)c(Cl)c1. The molecule has 96 valence electrons. The van der Waals surface area contributed by atoms with Gasteiger partial charge in [0.25, 0.3) is 0 Å². The largest absolute Gasteiger partial charge is 0.479 e. The number of benzene rings is 1. The molecular formula is C13H13ClO4. The van der Waals surface area contributed by atoms with Crippen LogP contribution in [0.4, 0.5) is 0 Å². The summed E-state index contributed by atoms with van der Waals surface area (Å²) in [5, 5.41) is 8.91. The van der Waals surface area contributed by atoms with Crippen LogP contribution >= 0.6 is 11.6 Å². The number of halogens is 1. The van der Waals surface area contributed by atoms with Crippen LogP contribution in [0.3, 0.4) is 0 Å². The molecule has 5 heteroatoms. The molecule has 0 saturated heterocycles. The van der Waals surface area contributed by atoms with E-state index in [4.69, 9.17) is 21.4 Å². The number of ketones is 1. The highest BCUT2D eigenvalue weighted by Gasteiger charge is 2.15. The van der Waals surface area contributed by atoms with Gasteiger partial charge in [-0.1, -0.05) is 18.2 Å². The Bertz CT molecular complexity index is 508. The summed E-state index contributed by atoms with van der Waals surface area (Å²) in [5.41, 5.74) is 0.793. The molecule has 1 N–H and O–H groups in total. The summed E-state index contributed by atoms with van der Waals surface area (Å²) in [6.45, 7) is 6.55. The Morgan fingerprint density at radius 1 is 1.44 bits per heavy atom. The number of hydrogen-bond donors (Lipinski definition) is 1. The summed E-state index contributed by atoms with van der Waals surface area (Å²) < 4.78 is 5.14. The summed E-state index contributed by atoms with van der Waals surface area (Å²) in [4.78, 5) is 22.3. The number of carbonyl (C=O) groups excluding carboxylic acids is 1. The first-order valence-corrected chi connectivity index (χ1v) is 5.60. The van der Waals surface area contributed by atoms with Crippen molar-refractivity contribution in [2.45, 2.75) is 20.0 Å². The number of ether oxygens (including phenoxy) is 1. The van der Waals surface area contributed by atoms with Gasteiger partial charge >= 0.3 is 5.97 Å². The molecule has 0 radical (unpaired) electrons. The van der Waals surface area contributed by atoms with Crippen LogP contribution in [0.2, 0.25) is 5.02 Å². The Hall–Kier alpha value is -1.81. The number of carboxylic acids is 1. The molecule has 1 atom stereocenters. The number of rotatable bonds is 5. The van der Waals surface area contributed by atoms with Gasteiger partial charge in [0.1, 0.15) is 5.75 Å². The molecule has 1 unspecified atom stereocenters. The van der Waals surface area contributed by atoms with E-state index >= 15 is 0 Å². The van der Waals surface area contributed by atoms with Gasteiger partial charge in [0.2, 0.25) is 0 Å². The fourth-order valence-corrected chi connectivity index (χ4v) is 1.45. The summed E-state index contributed by atoms with van der Waals surface area (Å²) in [6, 6.07) is 4.42. The van der Waals surface area contributed by atoms with E-state index < -0.39 is 12.1 Å². The number of carbonyl (C=O) groups is 2. The number of aliphatic carboxylic acids is 1. The zero-order chi connectivity index (χ0) is 13.9. The van der Waals surface area contributed by atoms with Crippen LogP contribution in [0.1, 0.15) is 24.2 Å². The molecule has 1 aromatic rings. The maximum Gasteiger partial charge on any atom is 0.344 e. The Labute approximate surface area is 110 Å². The lowest BCUT2D eigenvalue weighted by Crippen LogP contribution is -2.23. The van der Waals surface area contributed by atoms with Crippen molar-refractivity contribution >= 4 is 23.4 Å². The smallest absolute Gasteiger partial charge is 0.344 e. The third kappa shape index (κ3) is 3.34. The standard InChI is InChI=1S/C13H13ClO4/c1-7(2)12(15)9-4-5-11(10(14)6-9)18-8(3)13(16)17/h4-6,8H,1H2,2-3H3,(H,16,17). The van der Waals surface area contributed by atoms with E-state index in [9.17, 15) is 9.59 Å². The van der Waals surface area contributed by atoms with Gasteiger partial charge in [-0.05, 0) is 37.6 Å². The average molecular weight is 269 g/mol. The van der Waals surface area contributed by atoms with Crippen molar-refractivity contribution in [1.29, 1.82) is 0 Å². The fourth-order valence-electron chi connectivity index (χ4n) is 1.22. The number of carboxylic acid groups (broad SMARTS) is 1. The van der Waals surface area contributed by atoms with Crippen molar-refractivity contribution in [2.24, 2.45) is 0 Å². The summed E-state index contributed by atoms with van der Waals surface area (Å²) in [7, 11) is 0. The van der Waals surface area contributed by atoms with E-state index in [0.717, 1.165) is 0 Å². The molecule has 0 heterocycles. The van der Waals surface area contributed by atoms with Gasteiger partial charge < -0.3 is 9.84 Å². The van der Waals surface area contributed by atoms with Crippen molar-refractivity contribution in [3.63, 3.8) is 0 Å². The minimum absolute atomic E-state index is 0.190. The predicted octanol–water partition coefficient (Wildman–Crippen LogP) is 2.95. The lowest BCUT2D eigenvalue weighted by molar-refractivity contribution is -0.144. The van der Waals surface area contributed by atoms with Crippen molar-refractivity contribution in [3.05, 3.63) is 40.9 Å². The first-order chi connectivity index (χ1) is 8.32. The maximum absolute atomic E-state index is 11.6. The molecular weight excluding hydrogens is 256 g/mol. The Morgan fingerprint density at radius 3 is 2.50 bits per heavy atom. The lowest BCUT2D eigenvalue weighted by Gasteiger charge is -2.12. The highest BCUT2D eigenvalue weighted by atomic mass is 35.5. The van der Waals surface area contributed by atoms with E-state index in [1.807, 2.05) is 0 Å². The van der Waals surface area contributed by atoms with Crippen LogP contribution in [0, 0.1) is 0 Å². The third-order valence-electron chi connectivity index (χ3n) is 2.23. The molecule has 18 heavy (non-hydrogen) atoms. The molecule has 0 aliphatic heterocycles. The Kier molecular flexibility index (Phi) is 4.50. The molecule has 1 rings (SSSR count). The van der Waals surface area contributed by atoms with Crippen LogP contribution in [-0.4, -0.2) is 23.0 Å². The van der Waals surface area contributed by atoms with Gasteiger partial charge in [-0.2, -0.15) is 0 Å². The molecule has 0 bridgehead atoms. The quantitative estimate of drug-likeness (QED) is 0.659. The molecule has 4 nitrogen and oxygen atoms in total. The first kappa shape index (κ1) is 14.3. The van der Waals surface area contributed by atoms with Gasteiger partial charge in [-0.15, -0.1) is 0 Å². The second-order valence-corrected chi connectivity index (χ2v) is 4.26. The summed E-state index contributed by atoms with van der Waals surface area (Å²) in [5.74, 6) is -1.08. The van der Waals surface area contributed by atoms with E-state index in [2.05, 4.69) is 6.58 Å². The topological polar surface area (TPSA) is 63.6 Å². The van der Waals surface area contributed by atoms with Crippen LogP contribution in [-0.2, 0) is 4.79 Å². The van der Waals surface area contributed by atoms with Gasteiger partial charge in [0.05, 0.1) is 5.02 Å². The highest BCUT2D eigenvalue weighted by molar-refractivity contribution is 6.32. The molecule has 0 saturated carbocycles. The van der Waals surface area contributed by atoms with Crippen LogP contribution in [0.15, 0.2) is 30.4 Å². The monoisotopic (exact) mass is 268 g/mol. The van der Waals surface area contributed by atoms with Crippen LogP contribution in [0.5, 0.6) is 5.75 Å². The molecule has 0 fully saturated rings. The normalized spacial score (nSPS) is 11.7. The average Bonchev–Trinajstić information content (AvgIpc) is 2.30. The lowest BCUT2D eigenvalue weighted by atomic mass is 10.1. The molecule has 0 spiro atoms. The van der Waals surface area contributed by atoms with Gasteiger partial charge in [0, 0.05) is 5.56 Å². The number of hydrogen-bond acceptors (Lipinski definition) is 3. The van der Waals surface area contributed by atoms with Crippen molar-refractivity contribution in [1.82, 2.24) is 0 Å². The second-order valence-electron chi connectivity index (χ2n) is 3.85. The van der Waals surface area contributed by atoms with E-state index in [1.54, 1.807) is 6.92 Å². The maximum atomic E-state index is 11.6. The van der Waals surface area contributed by atoms with Crippen molar-refractivity contribution < 1.29 is 19.4 Å². The van der Waals surface area contributed by atoms with Crippen LogP contribution in [0.25, 0.3) is 0 Å². The first-order valence-electron chi connectivity index (χ1n) is 5.22. The van der Waals surface area contributed by atoms with E-state index in [0.29, 0.717) is 11.1 Å².